The fraction of sp³-hybridized carbons (Fsp3) is 0.588. The second kappa shape index (κ2) is 6.33. The van der Waals surface area contributed by atoms with Crippen LogP contribution in [0.3, 0.4) is 0 Å². The van der Waals surface area contributed by atoms with Crippen LogP contribution in [0.1, 0.15) is 61.4 Å². The quantitative estimate of drug-likeness (QED) is 0.600. The molecular weight excluding hydrogens is 236 g/mol. The molecule has 1 aromatic carbocycles. The van der Waals surface area contributed by atoms with Gasteiger partial charge in [0.25, 0.3) is 0 Å². The molecular formula is C17H24O2. The first-order valence-electron chi connectivity index (χ1n) is 7.41. The van der Waals surface area contributed by atoms with Crippen LogP contribution in [0, 0.1) is 0 Å². The van der Waals surface area contributed by atoms with Gasteiger partial charge in [-0.3, -0.25) is 4.79 Å². The molecule has 0 bridgehead atoms. The van der Waals surface area contributed by atoms with E-state index >= 15 is 0 Å². The molecule has 1 saturated carbocycles. The van der Waals surface area contributed by atoms with Gasteiger partial charge in [-0.15, -0.1) is 0 Å². The third-order valence-electron chi connectivity index (χ3n) is 4.34. The van der Waals surface area contributed by atoms with Gasteiger partial charge in [-0.05, 0) is 24.8 Å². The highest BCUT2D eigenvalue weighted by molar-refractivity contribution is 6.02. The number of ketones is 1. The molecule has 0 spiro atoms. The van der Waals surface area contributed by atoms with Crippen molar-refractivity contribution in [3.05, 3.63) is 35.4 Å². The highest BCUT2D eigenvalue weighted by Gasteiger charge is 2.38. The van der Waals surface area contributed by atoms with E-state index in [1.165, 1.54) is 18.4 Å². The van der Waals surface area contributed by atoms with Crippen LogP contribution < -0.4 is 0 Å². The van der Waals surface area contributed by atoms with Gasteiger partial charge in [-0.2, -0.15) is 0 Å². The molecule has 0 saturated heterocycles. The smallest absolute Gasteiger partial charge is 0.194 e. The molecule has 0 N–H and O–H groups in total. The number of ether oxygens (including phenoxy) is 1. The Morgan fingerprint density at radius 1 is 1.11 bits per heavy atom. The summed E-state index contributed by atoms with van der Waals surface area (Å²) in [6, 6.07) is 8.00. The molecule has 1 aliphatic carbocycles. The van der Waals surface area contributed by atoms with Crippen molar-refractivity contribution < 1.29 is 9.53 Å². The SMILES string of the molecule is CCc1ccc(C(=O)C2(OC)CCCCCC2)cc1. The minimum Gasteiger partial charge on any atom is -0.370 e. The summed E-state index contributed by atoms with van der Waals surface area (Å²) in [6.07, 6.45) is 7.33. The van der Waals surface area contributed by atoms with Crippen LogP contribution in [0.5, 0.6) is 0 Å². The van der Waals surface area contributed by atoms with E-state index in [1.54, 1.807) is 7.11 Å². The molecule has 0 amide bonds. The molecule has 0 unspecified atom stereocenters. The van der Waals surface area contributed by atoms with Crippen molar-refractivity contribution in [3.8, 4) is 0 Å². The molecule has 0 aliphatic heterocycles. The predicted octanol–water partition coefficient (Wildman–Crippen LogP) is 4.17. The summed E-state index contributed by atoms with van der Waals surface area (Å²) in [5.41, 5.74) is 1.48. The van der Waals surface area contributed by atoms with Crippen molar-refractivity contribution in [1.82, 2.24) is 0 Å². The fourth-order valence-corrected chi connectivity index (χ4v) is 2.98. The fourth-order valence-electron chi connectivity index (χ4n) is 2.98. The predicted molar refractivity (Wildman–Crippen MR) is 77.6 cm³/mol. The second-order valence-corrected chi connectivity index (χ2v) is 5.49. The largest absolute Gasteiger partial charge is 0.370 e. The third kappa shape index (κ3) is 3.06. The summed E-state index contributed by atoms with van der Waals surface area (Å²) >= 11 is 0. The molecule has 1 fully saturated rings. The molecule has 2 nitrogen and oxygen atoms in total. The minimum atomic E-state index is -0.579. The number of hydrogen-bond donors (Lipinski definition) is 0. The van der Waals surface area contributed by atoms with E-state index in [4.69, 9.17) is 4.74 Å². The van der Waals surface area contributed by atoms with Crippen LogP contribution >= 0.6 is 0 Å². The lowest BCUT2D eigenvalue weighted by Crippen LogP contribution is -2.40. The maximum Gasteiger partial charge on any atom is 0.194 e. The summed E-state index contributed by atoms with van der Waals surface area (Å²) in [5, 5.41) is 0. The molecule has 0 aromatic heterocycles. The maximum absolute atomic E-state index is 12.8. The molecule has 0 radical (unpaired) electrons. The number of carbonyl (C=O) groups excluding carboxylic acids is 1. The van der Waals surface area contributed by atoms with Gasteiger partial charge in [0.1, 0.15) is 5.60 Å². The maximum atomic E-state index is 12.8. The number of aryl methyl sites for hydroxylation is 1. The van der Waals surface area contributed by atoms with Crippen LogP contribution in [0.15, 0.2) is 24.3 Å². The zero-order valence-corrected chi connectivity index (χ0v) is 12.1. The van der Waals surface area contributed by atoms with Crippen molar-refractivity contribution >= 4 is 5.78 Å². The number of methoxy groups -OCH3 is 1. The standard InChI is InChI=1S/C17H24O2/c1-3-14-8-10-15(11-9-14)16(18)17(19-2)12-6-4-5-7-13-17/h8-11H,3-7,12-13H2,1-2H3. The first kappa shape index (κ1) is 14.3. The normalized spacial score (nSPS) is 18.8. The van der Waals surface area contributed by atoms with Gasteiger partial charge in [-0.1, -0.05) is 56.9 Å². The van der Waals surface area contributed by atoms with Gasteiger partial charge in [0.2, 0.25) is 0 Å². The summed E-state index contributed by atoms with van der Waals surface area (Å²) in [6.45, 7) is 2.12. The molecule has 0 heterocycles. The van der Waals surface area contributed by atoms with E-state index < -0.39 is 5.60 Å². The second-order valence-electron chi connectivity index (χ2n) is 5.49. The average Bonchev–Trinajstić information content (AvgIpc) is 2.73. The topological polar surface area (TPSA) is 26.3 Å². The summed E-state index contributed by atoms with van der Waals surface area (Å²) < 4.78 is 5.68. The average molecular weight is 260 g/mol. The highest BCUT2D eigenvalue weighted by atomic mass is 16.5. The molecule has 0 atom stereocenters. The molecule has 19 heavy (non-hydrogen) atoms. The van der Waals surface area contributed by atoms with Gasteiger partial charge < -0.3 is 4.74 Å². The van der Waals surface area contributed by atoms with Gasteiger partial charge >= 0.3 is 0 Å². The third-order valence-corrected chi connectivity index (χ3v) is 4.34. The van der Waals surface area contributed by atoms with E-state index in [9.17, 15) is 4.79 Å². The number of benzene rings is 1. The van der Waals surface area contributed by atoms with Crippen LogP contribution in [0.25, 0.3) is 0 Å². The lowest BCUT2D eigenvalue weighted by atomic mass is 9.85. The summed E-state index contributed by atoms with van der Waals surface area (Å²) in [5.74, 6) is 0.166. The van der Waals surface area contributed by atoms with Gasteiger partial charge in [0.15, 0.2) is 5.78 Å². The Morgan fingerprint density at radius 2 is 1.68 bits per heavy atom. The Bertz CT molecular complexity index is 411. The number of hydrogen-bond acceptors (Lipinski definition) is 2. The van der Waals surface area contributed by atoms with Crippen molar-refractivity contribution in [3.63, 3.8) is 0 Å². The van der Waals surface area contributed by atoms with Crippen molar-refractivity contribution in [2.75, 3.05) is 7.11 Å². The van der Waals surface area contributed by atoms with Gasteiger partial charge in [-0.25, -0.2) is 0 Å². The molecule has 1 aromatic rings. The van der Waals surface area contributed by atoms with Crippen LogP contribution in [-0.2, 0) is 11.2 Å². The number of rotatable bonds is 4. The Hall–Kier alpha value is -1.15. The van der Waals surface area contributed by atoms with E-state index in [-0.39, 0.29) is 5.78 Å². The Labute approximate surface area is 116 Å². The summed E-state index contributed by atoms with van der Waals surface area (Å²) in [7, 11) is 1.68. The number of carbonyl (C=O) groups is 1. The van der Waals surface area contributed by atoms with Crippen LogP contribution in [0.2, 0.25) is 0 Å². The van der Waals surface area contributed by atoms with Crippen LogP contribution in [0.4, 0.5) is 0 Å². The number of Topliss-reactive ketones (excluding diaryl/α,β-unsaturated/α-hetero) is 1. The monoisotopic (exact) mass is 260 g/mol. The lowest BCUT2D eigenvalue weighted by molar-refractivity contribution is -0.00692. The van der Waals surface area contributed by atoms with E-state index in [1.807, 2.05) is 24.3 Å². The first-order chi connectivity index (χ1) is 9.22. The Kier molecular flexibility index (Phi) is 4.76. The van der Waals surface area contributed by atoms with Crippen molar-refractivity contribution in [2.45, 2.75) is 57.5 Å². The molecule has 2 heteroatoms. The van der Waals surface area contributed by atoms with Crippen molar-refractivity contribution in [2.24, 2.45) is 0 Å². The highest BCUT2D eigenvalue weighted by Crippen LogP contribution is 2.33. The van der Waals surface area contributed by atoms with Crippen LogP contribution in [-0.4, -0.2) is 18.5 Å². The lowest BCUT2D eigenvalue weighted by Gasteiger charge is -2.29. The van der Waals surface area contributed by atoms with E-state index in [2.05, 4.69) is 6.92 Å². The summed E-state index contributed by atoms with van der Waals surface area (Å²) in [4.78, 5) is 12.8. The van der Waals surface area contributed by atoms with Gasteiger partial charge in [0.05, 0.1) is 0 Å². The minimum absolute atomic E-state index is 0.166. The van der Waals surface area contributed by atoms with E-state index in [0.717, 1.165) is 37.7 Å². The Morgan fingerprint density at radius 3 is 2.16 bits per heavy atom. The zero-order valence-electron chi connectivity index (χ0n) is 12.1. The van der Waals surface area contributed by atoms with Crippen molar-refractivity contribution in [1.29, 1.82) is 0 Å². The molecule has 1 aliphatic rings. The zero-order chi connectivity index (χ0) is 13.7. The van der Waals surface area contributed by atoms with Gasteiger partial charge in [0, 0.05) is 12.7 Å². The van der Waals surface area contributed by atoms with E-state index in [0.29, 0.717) is 0 Å². The molecule has 2 rings (SSSR count). The Balaban J connectivity index is 2.23. The first-order valence-corrected chi connectivity index (χ1v) is 7.41. The molecule has 104 valence electrons.